The predicted molar refractivity (Wildman–Crippen MR) is 83.6 cm³/mol. The molecule has 1 aliphatic heterocycles. The topological polar surface area (TPSA) is 102 Å². The molecule has 0 fully saturated rings. The fraction of sp³-hybridized carbons (Fsp3) is 0.500. The number of aliphatic carboxylic acids is 1. The van der Waals surface area contributed by atoms with E-state index >= 15 is 0 Å². The third kappa shape index (κ3) is 4.27. The zero-order chi connectivity index (χ0) is 17.2. The number of hydrogen-bond acceptors (Lipinski definition) is 5. The number of rotatable bonds is 6. The molecule has 2 N–H and O–H groups in total. The number of nitrogens with one attached hydrogen (secondary N) is 1. The molecule has 1 aliphatic rings. The van der Waals surface area contributed by atoms with Crippen LogP contribution in [0.3, 0.4) is 0 Å². The summed E-state index contributed by atoms with van der Waals surface area (Å²) in [5, 5.41) is 9.13. The van der Waals surface area contributed by atoms with Gasteiger partial charge in [0.05, 0.1) is 5.02 Å². The summed E-state index contributed by atoms with van der Waals surface area (Å²) < 4.78 is 37.8. The van der Waals surface area contributed by atoms with Gasteiger partial charge in [-0.1, -0.05) is 25.4 Å². The van der Waals surface area contributed by atoms with Gasteiger partial charge in [0.25, 0.3) is 0 Å². The maximum atomic E-state index is 12.5. The Balaban J connectivity index is 2.33. The van der Waals surface area contributed by atoms with E-state index in [4.69, 9.17) is 21.1 Å². The van der Waals surface area contributed by atoms with E-state index in [1.807, 2.05) is 0 Å². The highest BCUT2D eigenvalue weighted by atomic mass is 35.5. The first kappa shape index (κ1) is 17.8. The molecule has 0 aromatic heterocycles. The molecule has 23 heavy (non-hydrogen) atoms. The molecule has 9 heteroatoms. The van der Waals surface area contributed by atoms with Crippen molar-refractivity contribution in [2.45, 2.75) is 31.2 Å². The quantitative estimate of drug-likeness (QED) is 0.800. The monoisotopic (exact) mass is 363 g/mol. The SMILES string of the molecule is CC(C)C[C@@H](NS(=O)(=O)c1cc2c(cc1Cl)OCCO2)C(=O)O. The molecule has 1 aromatic rings. The van der Waals surface area contributed by atoms with Crippen molar-refractivity contribution >= 4 is 27.6 Å². The fourth-order valence-electron chi connectivity index (χ4n) is 2.17. The smallest absolute Gasteiger partial charge is 0.321 e. The van der Waals surface area contributed by atoms with Crippen LogP contribution in [0.5, 0.6) is 11.5 Å². The lowest BCUT2D eigenvalue weighted by Gasteiger charge is -2.21. The Morgan fingerprint density at radius 2 is 1.87 bits per heavy atom. The highest BCUT2D eigenvalue weighted by molar-refractivity contribution is 7.89. The predicted octanol–water partition coefficient (Wildman–Crippen LogP) is 1.89. The van der Waals surface area contributed by atoms with Crippen molar-refractivity contribution in [1.82, 2.24) is 4.72 Å². The molecule has 1 aromatic carbocycles. The summed E-state index contributed by atoms with van der Waals surface area (Å²) in [5.74, 6) is -0.612. The maximum Gasteiger partial charge on any atom is 0.321 e. The number of hydrogen-bond donors (Lipinski definition) is 2. The molecular weight excluding hydrogens is 346 g/mol. The lowest BCUT2D eigenvalue weighted by Crippen LogP contribution is -2.41. The van der Waals surface area contributed by atoms with Gasteiger partial charge in [0.15, 0.2) is 11.5 Å². The van der Waals surface area contributed by atoms with Crippen molar-refractivity contribution < 1.29 is 27.8 Å². The first-order chi connectivity index (χ1) is 10.7. The van der Waals surface area contributed by atoms with Crippen LogP contribution in [0, 0.1) is 5.92 Å². The Morgan fingerprint density at radius 3 is 2.39 bits per heavy atom. The molecule has 0 saturated heterocycles. The highest BCUT2D eigenvalue weighted by Gasteiger charge is 2.29. The number of carboxylic acid groups (broad SMARTS) is 1. The van der Waals surface area contributed by atoms with Crippen LogP contribution in [-0.2, 0) is 14.8 Å². The molecule has 2 rings (SSSR count). The standard InChI is InChI=1S/C14H18ClNO6S/c1-8(2)5-10(14(17)18)16-23(19,20)13-7-12-11(6-9(13)15)21-3-4-22-12/h6-8,10,16H,3-5H2,1-2H3,(H,17,18)/t10-/m1/s1. The Kier molecular flexibility index (Phi) is 5.38. The molecule has 0 saturated carbocycles. The van der Waals surface area contributed by atoms with Gasteiger partial charge in [-0.2, -0.15) is 4.72 Å². The van der Waals surface area contributed by atoms with Crippen molar-refractivity contribution in [1.29, 1.82) is 0 Å². The first-order valence-corrected chi connectivity index (χ1v) is 8.91. The summed E-state index contributed by atoms with van der Waals surface area (Å²) in [5.41, 5.74) is 0. The van der Waals surface area contributed by atoms with Crippen LogP contribution >= 0.6 is 11.6 Å². The summed E-state index contributed by atoms with van der Waals surface area (Å²) in [7, 11) is -4.11. The second-order valence-corrected chi connectivity index (χ2v) is 7.66. The second kappa shape index (κ2) is 6.94. The molecule has 128 valence electrons. The van der Waals surface area contributed by atoms with E-state index in [-0.39, 0.29) is 28.0 Å². The normalized spacial score (nSPS) is 15.5. The molecule has 0 spiro atoms. The highest BCUT2D eigenvalue weighted by Crippen LogP contribution is 2.37. The zero-order valence-electron chi connectivity index (χ0n) is 12.7. The summed E-state index contributed by atoms with van der Waals surface area (Å²) >= 11 is 6.01. The maximum absolute atomic E-state index is 12.5. The number of benzene rings is 1. The Morgan fingerprint density at radius 1 is 1.30 bits per heavy atom. The number of fused-ring (bicyclic) bond motifs is 1. The number of carbonyl (C=O) groups is 1. The molecule has 1 atom stereocenters. The number of sulfonamides is 1. The van der Waals surface area contributed by atoms with Gasteiger partial charge in [-0.3, -0.25) is 4.79 Å². The number of carboxylic acids is 1. The van der Waals surface area contributed by atoms with Gasteiger partial charge in [0.1, 0.15) is 24.2 Å². The van der Waals surface area contributed by atoms with Crippen molar-refractivity contribution in [3.05, 3.63) is 17.2 Å². The van der Waals surface area contributed by atoms with Crippen LogP contribution in [-0.4, -0.2) is 38.7 Å². The van der Waals surface area contributed by atoms with Crippen LogP contribution in [0.15, 0.2) is 17.0 Å². The Bertz CT molecular complexity index is 703. The van der Waals surface area contributed by atoms with E-state index in [9.17, 15) is 18.3 Å². The lowest BCUT2D eigenvalue weighted by molar-refractivity contribution is -0.139. The average molecular weight is 364 g/mol. The summed E-state index contributed by atoms with van der Waals surface area (Å²) in [6.07, 6.45) is 0.163. The van der Waals surface area contributed by atoms with E-state index in [2.05, 4.69) is 4.72 Å². The van der Waals surface area contributed by atoms with Crippen LogP contribution < -0.4 is 14.2 Å². The molecule has 0 radical (unpaired) electrons. The number of ether oxygens (including phenoxy) is 2. The zero-order valence-corrected chi connectivity index (χ0v) is 14.3. The van der Waals surface area contributed by atoms with Crippen LogP contribution in [0.4, 0.5) is 0 Å². The van der Waals surface area contributed by atoms with Gasteiger partial charge in [-0.25, -0.2) is 8.42 Å². The minimum Gasteiger partial charge on any atom is -0.486 e. The molecule has 0 unspecified atom stereocenters. The van der Waals surface area contributed by atoms with E-state index in [0.29, 0.717) is 19.0 Å². The van der Waals surface area contributed by atoms with Crippen LogP contribution in [0.25, 0.3) is 0 Å². The van der Waals surface area contributed by atoms with Crippen molar-refractivity contribution in [2.24, 2.45) is 5.92 Å². The van der Waals surface area contributed by atoms with Gasteiger partial charge in [0.2, 0.25) is 10.0 Å². The molecule has 0 aliphatic carbocycles. The fourth-order valence-corrected chi connectivity index (χ4v) is 3.91. The Hall–Kier alpha value is -1.51. The van der Waals surface area contributed by atoms with Crippen LogP contribution in [0.2, 0.25) is 5.02 Å². The van der Waals surface area contributed by atoms with Gasteiger partial charge in [-0.05, 0) is 12.3 Å². The van der Waals surface area contributed by atoms with E-state index in [0.717, 1.165) is 0 Å². The Labute approximate surface area is 139 Å². The third-order valence-corrected chi connectivity index (χ3v) is 5.13. The molecule has 7 nitrogen and oxygen atoms in total. The van der Waals surface area contributed by atoms with Gasteiger partial charge in [-0.15, -0.1) is 0 Å². The molecule has 1 heterocycles. The van der Waals surface area contributed by atoms with E-state index < -0.39 is 22.0 Å². The van der Waals surface area contributed by atoms with E-state index in [1.54, 1.807) is 13.8 Å². The molecular formula is C14H18ClNO6S. The van der Waals surface area contributed by atoms with Crippen LogP contribution in [0.1, 0.15) is 20.3 Å². The first-order valence-electron chi connectivity index (χ1n) is 7.05. The largest absolute Gasteiger partial charge is 0.486 e. The average Bonchev–Trinajstić information content (AvgIpc) is 2.44. The second-order valence-electron chi connectivity index (χ2n) is 5.57. The minimum atomic E-state index is -4.11. The summed E-state index contributed by atoms with van der Waals surface area (Å²) in [4.78, 5) is 11.0. The third-order valence-electron chi connectivity index (χ3n) is 3.19. The van der Waals surface area contributed by atoms with Gasteiger partial charge < -0.3 is 14.6 Å². The van der Waals surface area contributed by atoms with Gasteiger partial charge in [0, 0.05) is 12.1 Å². The van der Waals surface area contributed by atoms with Gasteiger partial charge >= 0.3 is 5.97 Å². The lowest BCUT2D eigenvalue weighted by atomic mass is 10.1. The van der Waals surface area contributed by atoms with Crippen molar-refractivity contribution in [3.63, 3.8) is 0 Å². The minimum absolute atomic E-state index is 0.00883. The molecule has 0 bridgehead atoms. The summed E-state index contributed by atoms with van der Waals surface area (Å²) in [6, 6.07) is 1.36. The van der Waals surface area contributed by atoms with Crippen molar-refractivity contribution in [2.75, 3.05) is 13.2 Å². The number of halogens is 1. The van der Waals surface area contributed by atoms with Crippen molar-refractivity contribution in [3.8, 4) is 11.5 Å². The van der Waals surface area contributed by atoms with E-state index in [1.165, 1.54) is 12.1 Å². The summed E-state index contributed by atoms with van der Waals surface area (Å²) in [6.45, 7) is 4.26. The molecule has 0 amide bonds.